The normalized spacial score (nSPS) is 12.5. The molecule has 0 aliphatic heterocycles. The van der Waals surface area contributed by atoms with Gasteiger partial charge in [0.05, 0.1) is 13.1 Å². The summed E-state index contributed by atoms with van der Waals surface area (Å²) < 4.78 is 23.9. The minimum Gasteiger partial charge on any atom is -0.489 e. The van der Waals surface area contributed by atoms with Crippen LogP contribution in [0.2, 0.25) is 5.02 Å². The van der Waals surface area contributed by atoms with Crippen LogP contribution < -0.4 is 15.4 Å². The van der Waals surface area contributed by atoms with E-state index >= 15 is 0 Å². The molecule has 0 aliphatic rings. The molecular formula is C20H21ClFN5O2. The Bertz CT molecular complexity index is 944. The van der Waals surface area contributed by atoms with E-state index in [9.17, 15) is 4.39 Å². The van der Waals surface area contributed by atoms with Crippen molar-refractivity contribution in [2.75, 3.05) is 13.6 Å². The van der Waals surface area contributed by atoms with Crippen molar-refractivity contribution in [2.24, 2.45) is 4.99 Å². The number of ether oxygens (including phenoxy) is 1. The van der Waals surface area contributed by atoms with Crippen LogP contribution in [-0.2, 0) is 6.54 Å². The van der Waals surface area contributed by atoms with E-state index in [4.69, 9.17) is 20.9 Å². The van der Waals surface area contributed by atoms with E-state index in [-0.39, 0.29) is 11.9 Å². The molecule has 9 heteroatoms. The van der Waals surface area contributed by atoms with Crippen molar-refractivity contribution in [2.45, 2.75) is 19.6 Å². The van der Waals surface area contributed by atoms with E-state index in [2.05, 4.69) is 25.8 Å². The first-order valence-corrected chi connectivity index (χ1v) is 9.36. The topological polar surface area (TPSA) is 84.6 Å². The number of benzene rings is 2. The van der Waals surface area contributed by atoms with Crippen molar-refractivity contribution in [1.29, 1.82) is 0 Å². The lowest BCUT2D eigenvalue weighted by Gasteiger charge is -2.17. The minimum atomic E-state index is -0.298. The van der Waals surface area contributed by atoms with Crippen molar-refractivity contribution < 1.29 is 13.7 Å². The molecule has 2 N–H and O–H groups in total. The molecule has 0 fully saturated rings. The highest BCUT2D eigenvalue weighted by Crippen LogP contribution is 2.18. The Balaban J connectivity index is 1.46. The van der Waals surface area contributed by atoms with Crippen molar-refractivity contribution >= 4 is 17.6 Å². The molecule has 1 unspecified atom stereocenters. The molecule has 7 nitrogen and oxygen atoms in total. The van der Waals surface area contributed by atoms with E-state index in [1.54, 1.807) is 31.3 Å². The summed E-state index contributed by atoms with van der Waals surface area (Å²) >= 11 is 5.89. The Hall–Kier alpha value is -3.13. The molecule has 1 heterocycles. The van der Waals surface area contributed by atoms with Crippen LogP contribution in [0.25, 0.3) is 11.4 Å². The number of aliphatic imine (C=N–C) groups is 1. The SMILES string of the molecule is CN=C(NCc1nc(-c2ccc(Cl)cc2)no1)NCC(C)Oc1ccc(F)cc1. The van der Waals surface area contributed by atoms with Gasteiger partial charge in [0.2, 0.25) is 11.7 Å². The quantitative estimate of drug-likeness (QED) is 0.451. The first-order chi connectivity index (χ1) is 14.0. The standard InChI is InChI=1S/C20H21ClFN5O2/c1-13(28-17-9-7-16(22)8-10-17)11-24-20(23-2)25-12-18-26-19(27-29-18)14-3-5-15(21)6-4-14/h3-10,13H,11-12H2,1-2H3,(H2,23,24,25). The molecule has 29 heavy (non-hydrogen) atoms. The van der Waals surface area contributed by atoms with Gasteiger partial charge in [-0.1, -0.05) is 16.8 Å². The summed E-state index contributed by atoms with van der Waals surface area (Å²) in [7, 11) is 1.66. The molecule has 3 rings (SSSR count). The highest BCUT2D eigenvalue weighted by atomic mass is 35.5. The van der Waals surface area contributed by atoms with Gasteiger partial charge < -0.3 is 19.9 Å². The highest BCUT2D eigenvalue weighted by molar-refractivity contribution is 6.30. The maximum Gasteiger partial charge on any atom is 0.246 e. The van der Waals surface area contributed by atoms with Crippen LogP contribution in [-0.4, -0.2) is 35.8 Å². The molecular weight excluding hydrogens is 397 g/mol. The lowest BCUT2D eigenvalue weighted by molar-refractivity contribution is 0.223. The molecule has 0 spiro atoms. The summed E-state index contributed by atoms with van der Waals surface area (Å²) in [5, 5.41) is 10.9. The highest BCUT2D eigenvalue weighted by Gasteiger charge is 2.10. The van der Waals surface area contributed by atoms with Crippen LogP contribution in [0, 0.1) is 5.82 Å². The first-order valence-electron chi connectivity index (χ1n) is 8.99. The fourth-order valence-electron chi connectivity index (χ4n) is 2.45. The van der Waals surface area contributed by atoms with Gasteiger partial charge in [0.15, 0.2) is 5.96 Å². The summed E-state index contributed by atoms with van der Waals surface area (Å²) in [6.07, 6.45) is -0.154. The fourth-order valence-corrected chi connectivity index (χ4v) is 2.58. The smallest absolute Gasteiger partial charge is 0.246 e. The Morgan fingerprint density at radius 2 is 1.90 bits per heavy atom. The number of halogens is 2. The van der Waals surface area contributed by atoms with Crippen molar-refractivity contribution in [3.8, 4) is 17.1 Å². The minimum absolute atomic E-state index is 0.154. The van der Waals surface area contributed by atoms with Gasteiger partial charge in [0.1, 0.15) is 17.7 Å². The number of nitrogens with zero attached hydrogens (tertiary/aromatic N) is 3. The molecule has 152 valence electrons. The number of rotatable bonds is 7. The van der Waals surface area contributed by atoms with Crippen LogP contribution in [0.3, 0.4) is 0 Å². The number of hydrogen-bond acceptors (Lipinski definition) is 5. The number of hydrogen-bond donors (Lipinski definition) is 2. The maximum absolute atomic E-state index is 12.9. The van der Waals surface area contributed by atoms with Gasteiger partial charge in [-0.25, -0.2) is 4.39 Å². The summed E-state index contributed by atoms with van der Waals surface area (Å²) in [5.41, 5.74) is 0.818. The Morgan fingerprint density at radius 1 is 1.17 bits per heavy atom. The zero-order chi connectivity index (χ0) is 20.6. The lowest BCUT2D eigenvalue weighted by atomic mass is 10.2. The number of guanidine groups is 1. The molecule has 0 saturated carbocycles. The Labute approximate surface area is 172 Å². The second-order valence-electron chi connectivity index (χ2n) is 6.21. The monoisotopic (exact) mass is 417 g/mol. The Morgan fingerprint density at radius 3 is 2.59 bits per heavy atom. The predicted molar refractivity (Wildman–Crippen MR) is 109 cm³/mol. The number of nitrogens with one attached hydrogen (secondary N) is 2. The van der Waals surface area contributed by atoms with Crippen LogP contribution in [0.5, 0.6) is 5.75 Å². The van der Waals surface area contributed by atoms with Crippen LogP contribution >= 0.6 is 11.6 Å². The van der Waals surface area contributed by atoms with Gasteiger partial charge in [-0.15, -0.1) is 0 Å². The van der Waals surface area contributed by atoms with Crippen molar-refractivity contribution in [1.82, 2.24) is 20.8 Å². The van der Waals surface area contributed by atoms with Gasteiger partial charge >= 0.3 is 0 Å². The van der Waals surface area contributed by atoms with Crippen LogP contribution in [0.1, 0.15) is 12.8 Å². The molecule has 0 aliphatic carbocycles. The molecule has 0 radical (unpaired) electrons. The lowest BCUT2D eigenvalue weighted by Crippen LogP contribution is -2.41. The first kappa shape index (κ1) is 20.6. The van der Waals surface area contributed by atoms with Crippen LogP contribution in [0.4, 0.5) is 4.39 Å². The molecule has 1 atom stereocenters. The predicted octanol–water partition coefficient (Wildman–Crippen LogP) is 3.66. The summed E-state index contributed by atoms with van der Waals surface area (Å²) in [6, 6.07) is 13.1. The van der Waals surface area contributed by atoms with E-state index in [0.29, 0.717) is 41.5 Å². The van der Waals surface area contributed by atoms with Gasteiger partial charge in [-0.2, -0.15) is 4.98 Å². The van der Waals surface area contributed by atoms with Crippen molar-refractivity contribution in [3.63, 3.8) is 0 Å². The number of aromatic nitrogens is 2. The van der Waals surface area contributed by atoms with Gasteiger partial charge in [0, 0.05) is 17.6 Å². The fraction of sp³-hybridized carbons (Fsp3) is 0.250. The van der Waals surface area contributed by atoms with Gasteiger partial charge in [0.25, 0.3) is 0 Å². The molecule has 0 bridgehead atoms. The maximum atomic E-state index is 12.9. The summed E-state index contributed by atoms with van der Waals surface area (Å²) in [5.74, 6) is 1.78. The third kappa shape index (κ3) is 6.18. The zero-order valence-electron chi connectivity index (χ0n) is 16.0. The van der Waals surface area contributed by atoms with Crippen molar-refractivity contribution in [3.05, 3.63) is 65.3 Å². The largest absolute Gasteiger partial charge is 0.489 e. The van der Waals surface area contributed by atoms with E-state index in [1.807, 2.05) is 19.1 Å². The van der Waals surface area contributed by atoms with Gasteiger partial charge in [-0.3, -0.25) is 4.99 Å². The Kier molecular flexibility index (Phi) is 7.02. The summed E-state index contributed by atoms with van der Waals surface area (Å²) in [4.78, 5) is 8.51. The molecule has 3 aromatic rings. The van der Waals surface area contributed by atoms with E-state index < -0.39 is 0 Å². The van der Waals surface area contributed by atoms with E-state index in [1.165, 1.54) is 12.1 Å². The molecule has 2 aromatic carbocycles. The zero-order valence-corrected chi connectivity index (χ0v) is 16.8. The third-order valence-electron chi connectivity index (χ3n) is 3.91. The molecule has 0 saturated heterocycles. The molecule has 1 aromatic heterocycles. The second kappa shape index (κ2) is 9.88. The third-order valence-corrected chi connectivity index (χ3v) is 4.16. The van der Waals surface area contributed by atoms with Gasteiger partial charge in [-0.05, 0) is 55.5 Å². The second-order valence-corrected chi connectivity index (χ2v) is 6.64. The average molecular weight is 418 g/mol. The van der Waals surface area contributed by atoms with E-state index in [0.717, 1.165) is 5.56 Å². The average Bonchev–Trinajstić information content (AvgIpc) is 3.19. The summed E-state index contributed by atoms with van der Waals surface area (Å²) in [6.45, 7) is 2.71. The molecule has 0 amide bonds. The van der Waals surface area contributed by atoms with Crippen LogP contribution in [0.15, 0.2) is 58.0 Å².